The second kappa shape index (κ2) is 8.03. The van der Waals surface area contributed by atoms with Gasteiger partial charge in [-0.25, -0.2) is 0 Å². The van der Waals surface area contributed by atoms with Gasteiger partial charge in [-0.3, -0.25) is 4.79 Å². The predicted octanol–water partition coefficient (Wildman–Crippen LogP) is 2.40. The fourth-order valence-electron chi connectivity index (χ4n) is 2.34. The van der Waals surface area contributed by atoms with E-state index in [-0.39, 0.29) is 11.7 Å². The Morgan fingerprint density at radius 3 is 2.00 bits per heavy atom. The Bertz CT molecular complexity index is 431. The van der Waals surface area contributed by atoms with Crippen LogP contribution in [0.2, 0.25) is 0 Å². The van der Waals surface area contributed by atoms with E-state index in [0.717, 1.165) is 18.7 Å². The number of phenolic OH excluding ortho intramolecular Hbond substituents is 1. The highest BCUT2D eigenvalue weighted by atomic mass is 16.3. The number of benzene rings is 1. The minimum atomic E-state index is -0.535. The van der Waals surface area contributed by atoms with Crippen LogP contribution in [0.15, 0.2) is 24.3 Å². The molecule has 0 radical (unpaired) electrons. The molecule has 0 aliphatic rings. The van der Waals surface area contributed by atoms with E-state index in [9.17, 15) is 9.90 Å². The maximum Gasteiger partial charge on any atom is 0.239 e. The van der Waals surface area contributed by atoms with Crippen molar-refractivity contribution in [2.24, 2.45) is 17.6 Å². The summed E-state index contributed by atoms with van der Waals surface area (Å²) < 4.78 is 0. The predicted molar refractivity (Wildman–Crippen MR) is 86.0 cm³/mol. The molecule has 1 rings (SSSR count). The van der Waals surface area contributed by atoms with Crippen molar-refractivity contribution in [2.45, 2.75) is 40.2 Å². The lowest BCUT2D eigenvalue weighted by Crippen LogP contribution is -2.47. The van der Waals surface area contributed by atoms with Gasteiger partial charge >= 0.3 is 0 Å². The van der Waals surface area contributed by atoms with Gasteiger partial charge in [0, 0.05) is 13.1 Å². The largest absolute Gasteiger partial charge is 0.508 e. The second-order valence-corrected chi connectivity index (χ2v) is 6.51. The number of aromatic hydroxyl groups is 1. The van der Waals surface area contributed by atoms with Crippen LogP contribution in [0.5, 0.6) is 5.75 Å². The molecule has 0 saturated carbocycles. The lowest BCUT2D eigenvalue weighted by molar-refractivity contribution is -0.133. The summed E-state index contributed by atoms with van der Waals surface area (Å²) in [5.41, 5.74) is 7.05. The Kier molecular flexibility index (Phi) is 6.69. The van der Waals surface area contributed by atoms with Gasteiger partial charge in [0.25, 0.3) is 0 Å². The molecular formula is C17H28N2O2. The van der Waals surface area contributed by atoms with E-state index >= 15 is 0 Å². The number of phenols is 1. The van der Waals surface area contributed by atoms with Gasteiger partial charge in [0.15, 0.2) is 0 Å². The SMILES string of the molecule is CC(C)CN(CC(C)C)C(=O)[C@H](N)Cc1ccc(O)cc1. The van der Waals surface area contributed by atoms with Gasteiger partial charge in [-0.2, -0.15) is 0 Å². The van der Waals surface area contributed by atoms with Crippen molar-refractivity contribution in [3.05, 3.63) is 29.8 Å². The minimum Gasteiger partial charge on any atom is -0.508 e. The fourth-order valence-corrected chi connectivity index (χ4v) is 2.34. The van der Waals surface area contributed by atoms with Gasteiger partial charge < -0.3 is 15.7 Å². The maximum atomic E-state index is 12.5. The van der Waals surface area contributed by atoms with Crippen molar-refractivity contribution in [3.8, 4) is 5.75 Å². The molecule has 0 bridgehead atoms. The summed E-state index contributed by atoms with van der Waals surface area (Å²) >= 11 is 0. The number of carbonyl (C=O) groups excluding carboxylic acids is 1. The van der Waals surface area contributed by atoms with Crippen LogP contribution in [0.25, 0.3) is 0 Å². The van der Waals surface area contributed by atoms with E-state index in [2.05, 4.69) is 27.7 Å². The molecule has 0 aromatic heterocycles. The standard InChI is InChI=1S/C17H28N2O2/c1-12(2)10-19(11-13(3)4)17(21)16(18)9-14-5-7-15(20)8-6-14/h5-8,12-13,16,20H,9-11,18H2,1-4H3/t16-/m1/s1. The van der Waals surface area contributed by atoms with Crippen LogP contribution in [0, 0.1) is 11.8 Å². The summed E-state index contributed by atoms with van der Waals surface area (Å²) in [5.74, 6) is 1.08. The first-order valence-corrected chi connectivity index (χ1v) is 7.61. The van der Waals surface area contributed by atoms with Crippen molar-refractivity contribution in [3.63, 3.8) is 0 Å². The Hall–Kier alpha value is -1.55. The Morgan fingerprint density at radius 1 is 1.10 bits per heavy atom. The summed E-state index contributed by atoms with van der Waals surface area (Å²) in [7, 11) is 0. The molecule has 1 atom stereocenters. The monoisotopic (exact) mass is 292 g/mol. The Balaban J connectivity index is 2.70. The summed E-state index contributed by atoms with van der Waals surface area (Å²) in [5, 5.41) is 9.28. The molecule has 4 nitrogen and oxygen atoms in total. The Morgan fingerprint density at radius 2 is 1.57 bits per heavy atom. The van der Waals surface area contributed by atoms with Crippen LogP contribution in [0.3, 0.4) is 0 Å². The molecule has 0 unspecified atom stereocenters. The molecule has 1 aromatic carbocycles. The number of hydrogen-bond donors (Lipinski definition) is 2. The van der Waals surface area contributed by atoms with Crippen LogP contribution in [-0.4, -0.2) is 35.0 Å². The molecule has 118 valence electrons. The average Bonchev–Trinajstić information content (AvgIpc) is 2.38. The van der Waals surface area contributed by atoms with E-state index in [1.807, 2.05) is 4.90 Å². The maximum absolute atomic E-state index is 12.5. The molecule has 0 aliphatic carbocycles. The molecule has 0 aliphatic heterocycles. The van der Waals surface area contributed by atoms with Crippen LogP contribution in [-0.2, 0) is 11.2 Å². The molecule has 3 N–H and O–H groups in total. The molecule has 4 heteroatoms. The van der Waals surface area contributed by atoms with Crippen LogP contribution < -0.4 is 5.73 Å². The summed E-state index contributed by atoms with van der Waals surface area (Å²) in [6.07, 6.45) is 0.492. The number of nitrogens with zero attached hydrogens (tertiary/aromatic N) is 1. The first-order chi connectivity index (χ1) is 9.79. The molecular weight excluding hydrogens is 264 g/mol. The zero-order valence-electron chi connectivity index (χ0n) is 13.5. The number of nitrogens with two attached hydrogens (primary N) is 1. The van der Waals surface area contributed by atoms with Gasteiger partial charge in [0.2, 0.25) is 5.91 Å². The number of hydrogen-bond acceptors (Lipinski definition) is 3. The molecule has 1 aromatic rings. The van der Waals surface area contributed by atoms with E-state index in [0.29, 0.717) is 18.3 Å². The minimum absolute atomic E-state index is 0.00507. The van der Waals surface area contributed by atoms with Crippen LogP contribution in [0.1, 0.15) is 33.3 Å². The highest BCUT2D eigenvalue weighted by molar-refractivity contribution is 5.82. The lowest BCUT2D eigenvalue weighted by atomic mass is 10.0. The van der Waals surface area contributed by atoms with E-state index in [4.69, 9.17) is 5.73 Å². The zero-order valence-corrected chi connectivity index (χ0v) is 13.5. The highest BCUT2D eigenvalue weighted by Crippen LogP contribution is 2.12. The van der Waals surface area contributed by atoms with E-state index in [1.165, 1.54) is 0 Å². The number of rotatable bonds is 7. The molecule has 1 amide bonds. The van der Waals surface area contributed by atoms with E-state index in [1.54, 1.807) is 24.3 Å². The number of amides is 1. The van der Waals surface area contributed by atoms with Crippen molar-refractivity contribution in [2.75, 3.05) is 13.1 Å². The number of carbonyl (C=O) groups is 1. The van der Waals surface area contributed by atoms with Gasteiger partial charge in [-0.1, -0.05) is 39.8 Å². The molecule has 0 heterocycles. The van der Waals surface area contributed by atoms with Gasteiger partial charge in [-0.05, 0) is 36.0 Å². The van der Waals surface area contributed by atoms with Gasteiger partial charge in [-0.15, -0.1) is 0 Å². The third-order valence-corrected chi connectivity index (χ3v) is 3.19. The normalized spacial score (nSPS) is 12.7. The van der Waals surface area contributed by atoms with Crippen molar-refractivity contribution >= 4 is 5.91 Å². The van der Waals surface area contributed by atoms with Crippen LogP contribution in [0.4, 0.5) is 0 Å². The zero-order chi connectivity index (χ0) is 16.0. The van der Waals surface area contributed by atoms with Gasteiger partial charge in [0.1, 0.15) is 5.75 Å². The molecule has 0 saturated heterocycles. The highest BCUT2D eigenvalue weighted by Gasteiger charge is 2.22. The van der Waals surface area contributed by atoms with E-state index < -0.39 is 6.04 Å². The topological polar surface area (TPSA) is 66.6 Å². The van der Waals surface area contributed by atoms with Crippen LogP contribution >= 0.6 is 0 Å². The van der Waals surface area contributed by atoms with Gasteiger partial charge in [0.05, 0.1) is 6.04 Å². The first-order valence-electron chi connectivity index (χ1n) is 7.61. The second-order valence-electron chi connectivity index (χ2n) is 6.51. The molecule has 21 heavy (non-hydrogen) atoms. The third-order valence-electron chi connectivity index (χ3n) is 3.19. The summed E-state index contributed by atoms with van der Waals surface area (Å²) in [6.45, 7) is 9.89. The molecule has 0 spiro atoms. The van der Waals surface area contributed by atoms with Crippen molar-refractivity contribution in [1.29, 1.82) is 0 Å². The lowest BCUT2D eigenvalue weighted by Gasteiger charge is -2.29. The third kappa shape index (κ3) is 6.17. The molecule has 0 fully saturated rings. The quantitative estimate of drug-likeness (QED) is 0.811. The van der Waals surface area contributed by atoms with Crippen molar-refractivity contribution < 1.29 is 9.90 Å². The first kappa shape index (κ1) is 17.5. The fraction of sp³-hybridized carbons (Fsp3) is 0.588. The summed E-state index contributed by atoms with van der Waals surface area (Å²) in [4.78, 5) is 14.4. The summed E-state index contributed by atoms with van der Waals surface area (Å²) in [6, 6.07) is 6.31. The average molecular weight is 292 g/mol. The van der Waals surface area contributed by atoms with Crippen molar-refractivity contribution in [1.82, 2.24) is 4.90 Å². The Labute approximate surface area is 128 Å². The smallest absolute Gasteiger partial charge is 0.239 e.